The van der Waals surface area contributed by atoms with E-state index >= 15 is 0 Å². The highest BCUT2D eigenvalue weighted by atomic mass is 16.6. The van der Waals surface area contributed by atoms with Crippen LogP contribution in [0.3, 0.4) is 0 Å². The SMILES string of the molecule is COc1ccc(CN(Cc2ccc(OC)cc2)c2cc(C)c([N+](=O)[O-])c[n+]2[O-])cc1. The summed E-state index contributed by atoms with van der Waals surface area (Å²) in [4.78, 5) is 12.5. The van der Waals surface area contributed by atoms with E-state index in [2.05, 4.69) is 0 Å². The first-order chi connectivity index (χ1) is 14.4. The van der Waals surface area contributed by atoms with Crippen molar-refractivity contribution in [1.29, 1.82) is 0 Å². The van der Waals surface area contributed by atoms with Crippen LogP contribution in [0.2, 0.25) is 0 Å². The molecule has 3 aromatic rings. The largest absolute Gasteiger partial charge is 0.710 e. The van der Waals surface area contributed by atoms with Gasteiger partial charge in [0.25, 0.3) is 5.82 Å². The van der Waals surface area contributed by atoms with Crippen molar-refractivity contribution >= 4 is 11.5 Å². The molecule has 0 unspecified atom stereocenters. The van der Waals surface area contributed by atoms with Crippen molar-refractivity contribution in [2.24, 2.45) is 0 Å². The van der Waals surface area contributed by atoms with Crippen LogP contribution in [-0.4, -0.2) is 19.1 Å². The van der Waals surface area contributed by atoms with E-state index in [1.54, 1.807) is 27.2 Å². The minimum atomic E-state index is -0.551. The number of hydrogen-bond acceptors (Lipinski definition) is 6. The minimum absolute atomic E-state index is 0.206. The van der Waals surface area contributed by atoms with Crippen LogP contribution >= 0.6 is 0 Å². The molecular weight excluding hydrogens is 386 g/mol. The maximum Gasteiger partial charge on any atom is 0.311 e. The molecule has 0 spiro atoms. The molecule has 8 nitrogen and oxygen atoms in total. The minimum Gasteiger partial charge on any atom is -0.710 e. The third kappa shape index (κ3) is 4.78. The number of anilines is 1. The Bertz CT molecular complexity index is 971. The quantitative estimate of drug-likeness (QED) is 0.243. The fourth-order valence-electron chi connectivity index (χ4n) is 3.15. The van der Waals surface area contributed by atoms with Crippen molar-refractivity contribution in [2.75, 3.05) is 19.1 Å². The number of benzene rings is 2. The summed E-state index contributed by atoms with van der Waals surface area (Å²) < 4.78 is 11.0. The molecule has 8 heteroatoms. The molecule has 0 aliphatic carbocycles. The lowest BCUT2D eigenvalue weighted by Crippen LogP contribution is -2.38. The summed E-state index contributed by atoms with van der Waals surface area (Å²) in [6.45, 7) is 2.51. The second-order valence-electron chi connectivity index (χ2n) is 6.84. The molecule has 0 atom stereocenters. The fraction of sp³-hybridized carbons (Fsp3) is 0.227. The van der Waals surface area contributed by atoms with Gasteiger partial charge in [-0.1, -0.05) is 24.3 Å². The monoisotopic (exact) mass is 409 g/mol. The number of rotatable bonds is 8. The van der Waals surface area contributed by atoms with Crippen molar-refractivity contribution in [3.05, 3.63) is 92.8 Å². The van der Waals surface area contributed by atoms with Gasteiger partial charge in [-0.25, -0.2) is 4.73 Å². The number of nitrogens with zero attached hydrogens (tertiary/aromatic N) is 3. The first kappa shape index (κ1) is 20.9. The average Bonchev–Trinajstić information content (AvgIpc) is 2.75. The number of aromatic nitrogens is 1. The van der Waals surface area contributed by atoms with Gasteiger partial charge in [-0.05, 0) is 42.3 Å². The van der Waals surface area contributed by atoms with E-state index < -0.39 is 4.92 Å². The highest BCUT2D eigenvalue weighted by Crippen LogP contribution is 2.24. The van der Waals surface area contributed by atoms with Crippen LogP contribution in [0.25, 0.3) is 0 Å². The average molecular weight is 409 g/mol. The Hall–Kier alpha value is -3.81. The molecule has 0 fully saturated rings. The molecule has 0 aliphatic heterocycles. The van der Waals surface area contributed by atoms with E-state index in [-0.39, 0.29) is 5.69 Å². The number of ether oxygens (including phenoxy) is 2. The van der Waals surface area contributed by atoms with E-state index in [1.807, 2.05) is 53.4 Å². The van der Waals surface area contributed by atoms with Crippen LogP contribution in [0, 0.1) is 22.2 Å². The van der Waals surface area contributed by atoms with E-state index in [0.29, 0.717) is 29.2 Å². The third-order valence-corrected chi connectivity index (χ3v) is 4.80. The van der Waals surface area contributed by atoms with Crippen LogP contribution in [-0.2, 0) is 13.1 Å². The summed E-state index contributed by atoms with van der Waals surface area (Å²) in [5.74, 6) is 1.82. The summed E-state index contributed by atoms with van der Waals surface area (Å²) in [6, 6.07) is 16.7. The Balaban J connectivity index is 1.97. The van der Waals surface area contributed by atoms with Gasteiger partial charge in [-0.3, -0.25) is 15.0 Å². The molecule has 0 saturated carbocycles. The summed E-state index contributed by atoms with van der Waals surface area (Å²) in [5.41, 5.74) is 2.17. The zero-order valence-electron chi connectivity index (χ0n) is 17.1. The van der Waals surface area contributed by atoms with Gasteiger partial charge in [-0.2, -0.15) is 0 Å². The Kier molecular flexibility index (Phi) is 6.36. The lowest BCUT2D eigenvalue weighted by molar-refractivity contribution is -0.597. The predicted octanol–water partition coefficient (Wildman–Crippen LogP) is 3.76. The zero-order chi connectivity index (χ0) is 21.7. The van der Waals surface area contributed by atoms with Crippen LogP contribution in [0.4, 0.5) is 11.5 Å². The molecule has 0 N–H and O–H groups in total. The van der Waals surface area contributed by atoms with Crippen LogP contribution in [0.15, 0.2) is 60.8 Å². The molecule has 0 radical (unpaired) electrons. The molecule has 156 valence electrons. The van der Waals surface area contributed by atoms with Gasteiger partial charge < -0.3 is 14.7 Å². The predicted molar refractivity (Wildman–Crippen MR) is 113 cm³/mol. The van der Waals surface area contributed by atoms with Crippen LogP contribution in [0.5, 0.6) is 11.5 Å². The molecule has 0 amide bonds. The number of nitro groups is 1. The molecular formula is C22H23N3O5. The maximum absolute atomic E-state index is 12.6. The highest BCUT2D eigenvalue weighted by Gasteiger charge is 2.23. The van der Waals surface area contributed by atoms with Crippen molar-refractivity contribution in [3.63, 3.8) is 0 Å². The van der Waals surface area contributed by atoms with Crippen LogP contribution in [0.1, 0.15) is 16.7 Å². The second-order valence-corrected chi connectivity index (χ2v) is 6.84. The van der Waals surface area contributed by atoms with Gasteiger partial charge in [-0.15, -0.1) is 0 Å². The Morgan fingerprint density at radius 3 is 1.80 bits per heavy atom. The number of pyridine rings is 1. The Morgan fingerprint density at radius 1 is 0.933 bits per heavy atom. The molecule has 0 saturated heterocycles. The van der Waals surface area contributed by atoms with E-state index in [0.717, 1.165) is 28.8 Å². The molecule has 0 bridgehead atoms. The lowest BCUT2D eigenvalue weighted by Gasteiger charge is -2.22. The summed E-state index contributed by atoms with van der Waals surface area (Å²) in [6.07, 6.45) is 1.01. The fourth-order valence-corrected chi connectivity index (χ4v) is 3.15. The summed E-state index contributed by atoms with van der Waals surface area (Å²) in [5, 5.41) is 23.8. The van der Waals surface area contributed by atoms with Crippen molar-refractivity contribution < 1.29 is 19.1 Å². The number of methoxy groups -OCH3 is 2. The molecule has 2 aromatic carbocycles. The number of aryl methyl sites for hydroxylation is 1. The number of hydrogen-bond donors (Lipinski definition) is 0. The van der Waals surface area contributed by atoms with Gasteiger partial charge >= 0.3 is 5.69 Å². The topological polar surface area (TPSA) is 91.8 Å². The van der Waals surface area contributed by atoms with Gasteiger partial charge in [0.1, 0.15) is 24.6 Å². The smallest absolute Gasteiger partial charge is 0.311 e. The van der Waals surface area contributed by atoms with Gasteiger partial charge in [0.2, 0.25) is 0 Å². The summed E-state index contributed by atoms with van der Waals surface area (Å²) >= 11 is 0. The third-order valence-electron chi connectivity index (χ3n) is 4.80. The van der Waals surface area contributed by atoms with Gasteiger partial charge in [0.05, 0.1) is 19.1 Å². The van der Waals surface area contributed by atoms with E-state index in [9.17, 15) is 15.3 Å². The Labute approximate surface area is 174 Å². The summed E-state index contributed by atoms with van der Waals surface area (Å²) in [7, 11) is 3.20. The van der Waals surface area contributed by atoms with Gasteiger partial charge in [0, 0.05) is 11.6 Å². The van der Waals surface area contributed by atoms with Crippen molar-refractivity contribution in [1.82, 2.24) is 0 Å². The highest BCUT2D eigenvalue weighted by molar-refractivity contribution is 5.46. The molecule has 3 rings (SSSR count). The maximum atomic E-state index is 12.6. The normalized spacial score (nSPS) is 10.5. The molecule has 30 heavy (non-hydrogen) atoms. The Morgan fingerprint density at radius 2 is 1.40 bits per heavy atom. The van der Waals surface area contributed by atoms with Gasteiger partial charge in [0.15, 0.2) is 6.20 Å². The second kappa shape index (κ2) is 9.13. The first-order valence-electron chi connectivity index (χ1n) is 9.30. The van der Waals surface area contributed by atoms with E-state index in [4.69, 9.17) is 9.47 Å². The molecule has 1 heterocycles. The van der Waals surface area contributed by atoms with Crippen molar-refractivity contribution in [2.45, 2.75) is 20.0 Å². The first-order valence-corrected chi connectivity index (χ1v) is 9.30. The standard InChI is InChI=1S/C22H23N3O5/c1-16-12-22(24(26)15-21(16)25(27)28)23(13-17-4-8-19(29-2)9-5-17)14-18-6-10-20(30-3)11-7-18/h4-12,15H,13-14H2,1-3H3. The molecule has 1 aromatic heterocycles. The molecule has 0 aliphatic rings. The van der Waals surface area contributed by atoms with Crippen molar-refractivity contribution in [3.8, 4) is 11.5 Å². The zero-order valence-corrected chi connectivity index (χ0v) is 17.1. The van der Waals surface area contributed by atoms with Crippen LogP contribution < -0.4 is 19.1 Å². The van der Waals surface area contributed by atoms with E-state index in [1.165, 1.54) is 0 Å². The lowest BCUT2D eigenvalue weighted by atomic mass is 10.1.